The van der Waals surface area contributed by atoms with Gasteiger partial charge in [-0.2, -0.15) is 0 Å². The number of rotatable bonds is 2. The van der Waals surface area contributed by atoms with Crippen molar-refractivity contribution in [2.75, 3.05) is 13.2 Å². The molecular weight excluding hydrogens is 377 g/mol. The number of carboxylic acid groups (broad SMARTS) is 1. The zero-order valence-corrected chi connectivity index (χ0v) is 16.0. The Balaban J connectivity index is 1.84. The predicted octanol–water partition coefficient (Wildman–Crippen LogP) is 2.92. The molecule has 2 aliphatic heterocycles. The first-order valence-corrected chi connectivity index (χ1v) is 9.58. The van der Waals surface area contributed by atoms with E-state index in [9.17, 15) is 14.7 Å². The SMILES string of the molecule is C[C@@H]1NCCn2cc(-c3c(F)cc4c(=O)c(C(=O)O)cn5c4c3OC[C@@H]5C)cc21. The van der Waals surface area contributed by atoms with Gasteiger partial charge in [-0.05, 0) is 26.0 Å². The Labute approximate surface area is 165 Å². The number of hydrogen-bond acceptors (Lipinski definition) is 4. The van der Waals surface area contributed by atoms with Crippen LogP contribution >= 0.6 is 0 Å². The molecule has 2 aromatic heterocycles. The summed E-state index contributed by atoms with van der Waals surface area (Å²) in [5, 5.41) is 12.8. The van der Waals surface area contributed by atoms with Crippen LogP contribution in [0.15, 0.2) is 29.3 Å². The standard InChI is InChI=1S/C21H20FN3O4/c1-10-9-29-20-17(12-5-16-11(2)23-3-4-24(16)7-12)15(22)6-13-18(20)25(10)8-14(19(13)26)21(27)28/h5-8,10-11,23H,3-4,9H2,1-2H3,(H,27,28)/t10-,11-/m0/s1. The molecule has 0 saturated carbocycles. The average Bonchev–Trinajstić information content (AvgIpc) is 3.10. The minimum Gasteiger partial charge on any atom is -0.488 e. The lowest BCUT2D eigenvalue weighted by molar-refractivity contribution is 0.0694. The molecule has 8 heteroatoms. The van der Waals surface area contributed by atoms with Crippen molar-refractivity contribution in [3.8, 4) is 16.9 Å². The zero-order chi connectivity index (χ0) is 20.4. The minimum atomic E-state index is -1.33. The van der Waals surface area contributed by atoms with Crippen molar-refractivity contribution in [3.05, 3.63) is 51.8 Å². The van der Waals surface area contributed by atoms with Gasteiger partial charge in [0, 0.05) is 42.8 Å². The number of aromatic nitrogens is 2. The third-order valence-electron chi connectivity index (χ3n) is 5.86. The highest BCUT2D eigenvalue weighted by Gasteiger charge is 2.29. The molecule has 150 valence electrons. The summed E-state index contributed by atoms with van der Waals surface area (Å²) in [5.74, 6) is -1.64. The maximum atomic E-state index is 15.3. The second-order valence-corrected chi connectivity index (χ2v) is 7.73. The summed E-state index contributed by atoms with van der Waals surface area (Å²) < 4.78 is 25.0. The number of carbonyl (C=O) groups is 1. The van der Waals surface area contributed by atoms with Crippen LogP contribution in [0.1, 0.15) is 42.0 Å². The van der Waals surface area contributed by atoms with E-state index in [1.54, 1.807) is 4.57 Å². The molecule has 1 aromatic carbocycles. The largest absolute Gasteiger partial charge is 0.488 e. The van der Waals surface area contributed by atoms with Crippen molar-refractivity contribution < 1.29 is 19.0 Å². The Bertz CT molecular complexity index is 1240. The van der Waals surface area contributed by atoms with E-state index in [0.717, 1.165) is 24.8 Å². The van der Waals surface area contributed by atoms with Gasteiger partial charge in [-0.15, -0.1) is 0 Å². The van der Waals surface area contributed by atoms with E-state index < -0.39 is 17.2 Å². The zero-order valence-electron chi connectivity index (χ0n) is 16.0. The fourth-order valence-corrected chi connectivity index (χ4v) is 4.38. The van der Waals surface area contributed by atoms with Crippen LogP contribution in [0.2, 0.25) is 0 Å². The number of halogens is 1. The number of aromatic carboxylic acids is 1. The number of pyridine rings is 1. The van der Waals surface area contributed by atoms with Gasteiger partial charge in [0.15, 0.2) is 5.75 Å². The Hall–Kier alpha value is -3.13. The minimum absolute atomic E-state index is 0.0201. The summed E-state index contributed by atoms with van der Waals surface area (Å²) in [5.41, 5.74) is 1.40. The Kier molecular flexibility index (Phi) is 3.82. The fourth-order valence-electron chi connectivity index (χ4n) is 4.38. The lowest BCUT2D eigenvalue weighted by atomic mass is 10.00. The topological polar surface area (TPSA) is 85.5 Å². The summed E-state index contributed by atoms with van der Waals surface area (Å²) in [6.07, 6.45) is 3.24. The molecule has 0 fully saturated rings. The second-order valence-electron chi connectivity index (χ2n) is 7.73. The predicted molar refractivity (Wildman–Crippen MR) is 105 cm³/mol. The molecule has 0 amide bonds. The number of fused-ring (bicyclic) bond motifs is 1. The van der Waals surface area contributed by atoms with Gasteiger partial charge in [0.2, 0.25) is 5.43 Å². The Morgan fingerprint density at radius 1 is 1.31 bits per heavy atom. The number of carboxylic acids is 1. The van der Waals surface area contributed by atoms with Gasteiger partial charge in [0.05, 0.1) is 22.5 Å². The molecule has 0 unspecified atom stereocenters. The summed E-state index contributed by atoms with van der Waals surface area (Å²) in [4.78, 5) is 24.2. The van der Waals surface area contributed by atoms with E-state index in [1.807, 2.05) is 19.2 Å². The van der Waals surface area contributed by atoms with Crippen LogP contribution in [-0.4, -0.2) is 33.4 Å². The maximum absolute atomic E-state index is 15.3. The van der Waals surface area contributed by atoms with Crippen LogP contribution in [0.4, 0.5) is 4.39 Å². The molecule has 3 aromatic rings. The van der Waals surface area contributed by atoms with Crippen LogP contribution in [0.5, 0.6) is 5.75 Å². The van der Waals surface area contributed by atoms with E-state index in [4.69, 9.17) is 4.74 Å². The van der Waals surface area contributed by atoms with Gasteiger partial charge < -0.3 is 24.3 Å². The molecule has 29 heavy (non-hydrogen) atoms. The molecule has 0 spiro atoms. The van der Waals surface area contributed by atoms with Gasteiger partial charge >= 0.3 is 5.97 Å². The molecule has 4 heterocycles. The first kappa shape index (κ1) is 17.9. The molecule has 2 aliphatic rings. The summed E-state index contributed by atoms with van der Waals surface area (Å²) in [6.45, 7) is 5.80. The van der Waals surface area contributed by atoms with E-state index in [2.05, 4.69) is 16.8 Å². The van der Waals surface area contributed by atoms with Crippen LogP contribution in [0.25, 0.3) is 22.0 Å². The van der Waals surface area contributed by atoms with Crippen molar-refractivity contribution in [1.82, 2.24) is 14.5 Å². The number of benzene rings is 1. The van der Waals surface area contributed by atoms with E-state index in [-0.39, 0.29) is 35.4 Å². The molecule has 0 saturated heterocycles. The molecule has 0 radical (unpaired) electrons. The van der Waals surface area contributed by atoms with Gasteiger partial charge in [-0.25, -0.2) is 9.18 Å². The van der Waals surface area contributed by atoms with Crippen molar-refractivity contribution in [2.45, 2.75) is 32.5 Å². The van der Waals surface area contributed by atoms with E-state index in [0.29, 0.717) is 16.6 Å². The van der Waals surface area contributed by atoms with Gasteiger partial charge in [0.25, 0.3) is 0 Å². The van der Waals surface area contributed by atoms with Crippen LogP contribution in [-0.2, 0) is 6.54 Å². The smallest absolute Gasteiger partial charge is 0.341 e. The molecule has 0 aliphatic carbocycles. The Morgan fingerprint density at radius 3 is 2.83 bits per heavy atom. The van der Waals surface area contributed by atoms with Crippen LogP contribution in [0, 0.1) is 5.82 Å². The highest BCUT2D eigenvalue weighted by molar-refractivity contribution is 5.98. The van der Waals surface area contributed by atoms with Crippen molar-refractivity contribution in [1.29, 1.82) is 0 Å². The lowest BCUT2D eigenvalue weighted by Gasteiger charge is -2.28. The second kappa shape index (κ2) is 6.18. The molecule has 2 N–H and O–H groups in total. The van der Waals surface area contributed by atoms with Gasteiger partial charge in [-0.1, -0.05) is 0 Å². The monoisotopic (exact) mass is 397 g/mol. The maximum Gasteiger partial charge on any atom is 0.341 e. The molecule has 7 nitrogen and oxygen atoms in total. The molecule has 5 rings (SSSR count). The normalized spacial score (nSPS) is 20.4. The van der Waals surface area contributed by atoms with E-state index >= 15 is 4.39 Å². The highest BCUT2D eigenvalue weighted by Crippen LogP contribution is 2.43. The van der Waals surface area contributed by atoms with E-state index in [1.165, 1.54) is 6.20 Å². The molecular formula is C21H20FN3O4. The quantitative estimate of drug-likeness (QED) is 0.695. The van der Waals surface area contributed by atoms with Crippen LogP contribution < -0.4 is 15.5 Å². The van der Waals surface area contributed by atoms with Gasteiger partial charge in [0.1, 0.15) is 18.0 Å². The first-order chi connectivity index (χ1) is 13.9. The van der Waals surface area contributed by atoms with Gasteiger partial charge in [-0.3, -0.25) is 4.79 Å². The molecule has 2 atom stereocenters. The average molecular weight is 397 g/mol. The number of nitrogens with one attached hydrogen (secondary N) is 1. The summed E-state index contributed by atoms with van der Waals surface area (Å²) in [7, 11) is 0. The van der Waals surface area contributed by atoms with Crippen molar-refractivity contribution in [2.24, 2.45) is 0 Å². The number of nitrogens with zero attached hydrogens (tertiary/aromatic N) is 2. The third-order valence-corrected chi connectivity index (χ3v) is 5.86. The molecule has 0 bridgehead atoms. The fraction of sp³-hybridized carbons (Fsp3) is 0.333. The summed E-state index contributed by atoms with van der Waals surface area (Å²) >= 11 is 0. The summed E-state index contributed by atoms with van der Waals surface area (Å²) in [6, 6.07) is 3.04. The Morgan fingerprint density at radius 2 is 2.10 bits per heavy atom. The third kappa shape index (κ3) is 2.52. The van der Waals surface area contributed by atoms with Crippen molar-refractivity contribution >= 4 is 16.9 Å². The first-order valence-electron chi connectivity index (χ1n) is 9.58. The van der Waals surface area contributed by atoms with Crippen LogP contribution in [0.3, 0.4) is 0 Å². The number of hydrogen-bond donors (Lipinski definition) is 2. The lowest BCUT2D eigenvalue weighted by Crippen LogP contribution is -2.30. The number of ether oxygens (including phenoxy) is 1. The van der Waals surface area contributed by atoms with Crippen molar-refractivity contribution in [3.63, 3.8) is 0 Å². The highest BCUT2D eigenvalue weighted by atomic mass is 19.1.